The zero-order chi connectivity index (χ0) is 14.0. The lowest BCUT2D eigenvalue weighted by Crippen LogP contribution is -2.58. The first-order chi connectivity index (χ1) is 8.93. The van der Waals surface area contributed by atoms with E-state index >= 15 is 0 Å². The molecule has 0 heterocycles. The van der Waals surface area contributed by atoms with Crippen LogP contribution < -0.4 is 5.73 Å². The number of nitrogens with two attached hydrogens (primary N) is 1. The molecule has 4 nitrogen and oxygen atoms in total. The highest BCUT2D eigenvalue weighted by Crippen LogP contribution is 2.39. The molecule has 2 rings (SSSR count). The number of amides is 1. The Kier molecular flexibility index (Phi) is 4.51. The summed E-state index contributed by atoms with van der Waals surface area (Å²) in [6.45, 7) is 3.67. The molecule has 0 aliphatic heterocycles. The molecule has 0 saturated heterocycles. The Morgan fingerprint density at radius 3 is 2.21 bits per heavy atom. The third-order valence-corrected chi connectivity index (χ3v) is 4.70. The fraction of sp³-hybridized carbons (Fsp3) is 0.933. The van der Waals surface area contributed by atoms with Crippen LogP contribution >= 0.6 is 0 Å². The van der Waals surface area contributed by atoms with E-state index in [2.05, 4.69) is 23.9 Å². The molecule has 2 saturated carbocycles. The summed E-state index contributed by atoms with van der Waals surface area (Å²) in [5.41, 5.74) is 5.69. The molecule has 110 valence electrons. The Hall–Kier alpha value is -0.610. The van der Waals surface area contributed by atoms with Crippen LogP contribution in [0.2, 0.25) is 0 Å². The van der Waals surface area contributed by atoms with Gasteiger partial charge in [-0.1, -0.05) is 12.8 Å². The Bertz CT molecular complexity index is 317. The Morgan fingerprint density at radius 1 is 1.16 bits per heavy atom. The minimum atomic E-state index is -0.644. The predicted molar refractivity (Wildman–Crippen MR) is 77.8 cm³/mol. The van der Waals surface area contributed by atoms with Crippen LogP contribution in [0.5, 0.6) is 0 Å². The Balaban J connectivity index is 2.04. The zero-order valence-corrected chi connectivity index (χ0v) is 12.7. The van der Waals surface area contributed by atoms with Gasteiger partial charge in [0.05, 0.1) is 5.54 Å². The third-order valence-electron chi connectivity index (χ3n) is 4.70. The quantitative estimate of drug-likeness (QED) is 0.792. The molecule has 0 aromatic carbocycles. The van der Waals surface area contributed by atoms with E-state index in [0.717, 1.165) is 38.8 Å². The van der Waals surface area contributed by atoms with Crippen LogP contribution in [0.15, 0.2) is 0 Å². The lowest BCUT2D eigenvalue weighted by atomic mass is 9.94. The van der Waals surface area contributed by atoms with Crippen molar-refractivity contribution in [1.82, 2.24) is 9.80 Å². The number of likely N-dealkylation sites (N-methyl/N-ethyl adjacent to an activating group) is 1. The molecule has 2 fully saturated rings. The van der Waals surface area contributed by atoms with Crippen molar-refractivity contribution in [2.45, 2.75) is 57.0 Å². The molecule has 0 aromatic rings. The summed E-state index contributed by atoms with van der Waals surface area (Å²) in [6, 6.07) is 0.425. The molecule has 19 heavy (non-hydrogen) atoms. The zero-order valence-electron chi connectivity index (χ0n) is 12.7. The molecule has 1 amide bonds. The normalized spacial score (nSPS) is 23.6. The summed E-state index contributed by atoms with van der Waals surface area (Å²) < 4.78 is 0. The van der Waals surface area contributed by atoms with Gasteiger partial charge in [-0.25, -0.2) is 0 Å². The van der Waals surface area contributed by atoms with Crippen LogP contribution in [0.4, 0.5) is 0 Å². The molecule has 2 aliphatic rings. The average molecular weight is 267 g/mol. The largest absolute Gasteiger partial charge is 0.337 e. The Labute approximate surface area is 117 Å². The van der Waals surface area contributed by atoms with Crippen molar-refractivity contribution in [3.05, 3.63) is 0 Å². The van der Waals surface area contributed by atoms with E-state index in [1.807, 2.05) is 6.92 Å². The highest BCUT2D eigenvalue weighted by molar-refractivity contribution is 5.86. The third kappa shape index (κ3) is 3.48. The molecule has 0 spiro atoms. The predicted octanol–water partition coefficient (Wildman–Crippen LogP) is 1.45. The van der Waals surface area contributed by atoms with Crippen molar-refractivity contribution < 1.29 is 4.79 Å². The van der Waals surface area contributed by atoms with E-state index < -0.39 is 5.54 Å². The lowest BCUT2D eigenvalue weighted by molar-refractivity contribution is -0.139. The van der Waals surface area contributed by atoms with Crippen LogP contribution in [-0.2, 0) is 4.79 Å². The summed E-state index contributed by atoms with van der Waals surface area (Å²) in [5, 5.41) is 0. The molecule has 0 bridgehead atoms. The fourth-order valence-electron chi connectivity index (χ4n) is 3.14. The van der Waals surface area contributed by atoms with E-state index in [1.54, 1.807) is 0 Å². The van der Waals surface area contributed by atoms with Gasteiger partial charge in [0.2, 0.25) is 5.91 Å². The maximum Gasteiger partial charge on any atom is 0.242 e. The van der Waals surface area contributed by atoms with Gasteiger partial charge < -0.3 is 15.5 Å². The van der Waals surface area contributed by atoms with Gasteiger partial charge in [0.15, 0.2) is 0 Å². The highest BCUT2D eigenvalue weighted by Gasteiger charge is 2.47. The van der Waals surface area contributed by atoms with E-state index in [-0.39, 0.29) is 5.91 Å². The monoisotopic (exact) mass is 267 g/mol. The molecule has 2 N–H and O–H groups in total. The number of hydrogen-bond acceptors (Lipinski definition) is 3. The van der Waals surface area contributed by atoms with E-state index in [4.69, 9.17) is 5.73 Å². The Morgan fingerprint density at radius 2 is 1.74 bits per heavy atom. The van der Waals surface area contributed by atoms with Crippen LogP contribution in [0.1, 0.15) is 45.4 Å². The smallest absolute Gasteiger partial charge is 0.242 e. The number of nitrogens with zero attached hydrogens (tertiary/aromatic N) is 2. The van der Waals surface area contributed by atoms with Crippen molar-refractivity contribution in [2.24, 2.45) is 11.7 Å². The van der Waals surface area contributed by atoms with Gasteiger partial charge in [-0.3, -0.25) is 4.79 Å². The van der Waals surface area contributed by atoms with Crippen LogP contribution in [0.25, 0.3) is 0 Å². The highest BCUT2D eigenvalue weighted by atomic mass is 16.2. The molecular formula is C15H29N3O. The van der Waals surface area contributed by atoms with Crippen molar-refractivity contribution in [3.8, 4) is 0 Å². The van der Waals surface area contributed by atoms with Gasteiger partial charge in [-0.2, -0.15) is 0 Å². The molecular weight excluding hydrogens is 238 g/mol. The standard InChI is InChI=1S/C15H29N3O/c1-15(16,12-8-9-12)14(19)18(11-10-17(2)3)13-6-4-5-7-13/h12-13H,4-11,16H2,1-3H3. The van der Waals surface area contributed by atoms with Crippen LogP contribution in [0, 0.1) is 5.92 Å². The van der Waals surface area contributed by atoms with Gasteiger partial charge in [0, 0.05) is 19.1 Å². The maximum absolute atomic E-state index is 12.8. The topological polar surface area (TPSA) is 49.6 Å². The second-order valence-corrected chi connectivity index (χ2v) is 6.80. The second kappa shape index (κ2) is 5.80. The molecule has 0 aromatic heterocycles. The molecule has 0 radical (unpaired) electrons. The van der Waals surface area contributed by atoms with Crippen molar-refractivity contribution in [3.63, 3.8) is 0 Å². The molecule has 2 aliphatic carbocycles. The SMILES string of the molecule is CN(C)CCN(C(=O)C(C)(N)C1CC1)C1CCCC1. The number of hydrogen-bond donors (Lipinski definition) is 1. The van der Waals surface area contributed by atoms with Crippen molar-refractivity contribution in [2.75, 3.05) is 27.2 Å². The van der Waals surface area contributed by atoms with Crippen molar-refractivity contribution >= 4 is 5.91 Å². The van der Waals surface area contributed by atoms with Gasteiger partial charge in [0.25, 0.3) is 0 Å². The van der Waals surface area contributed by atoms with Gasteiger partial charge in [0.1, 0.15) is 0 Å². The summed E-state index contributed by atoms with van der Waals surface area (Å²) in [7, 11) is 4.11. The fourth-order valence-corrected chi connectivity index (χ4v) is 3.14. The average Bonchev–Trinajstić information content (AvgIpc) is 3.08. The first-order valence-electron chi connectivity index (χ1n) is 7.67. The summed E-state index contributed by atoms with van der Waals surface area (Å²) in [6.07, 6.45) is 7.04. The number of carbonyl (C=O) groups is 1. The first-order valence-corrected chi connectivity index (χ1v) is 7.67. The van der Waals surface area contributed by atoms with Crippen LogP contribution in [0.3, 0.4) is 0 Å². The minimum Gasteiger partial charge on any atom is -0.337 e. The van der Waals surface area contributed by atoms with Crippen molar-refractivity contribution in [1.29, 1.82) is 0 Å². The van der Waals surface area contributed by atoms with E-state index in [1.165, 1.54) is 12.8 Å². The minimum absolute atomic E-state index is 0.184. The number of rotatable bonds is 6. The molecule has 1 unspecified atom stereocenters. The maximum atomic E-state index is 12.8. The lowest BCUT2D eigenvalue weighted by Gasteiger charge is -2.36. The van der Waals surface area contributed by atoms with Gasteiger partial charge in [-0.05, 0) is 52.6 Å². The molecule has 4 heteroatoms. The van der Waals surface area contributed by atoms with Crippen LogP contribution in [-0.4, -0.2) is 54.5 Å². The molecule has 1 atom stereocenters. The summed E-state index contributed by atoms with van der Waals surface area (Å²) >= 11 is 0. The number of carbonyl (C=O) groups excluding carboxylic acids is 1. The summed E-state index contributed by atoms with van der Waals surface area (Å²) in [5.74, 6) is 0.590. The van der Waals surface area contributed by atoms with E-state index in [0.29, 0.717) is 12.0 Å². The van der Waals surface area contributed by atoms with Gasteiger partial charge >= 0.3 is 0 Å². The second-order valence-electron chi connectivity index (χ2n) is 6.80. The first kappa shape index (κ1) is 14.8. The summed E-state index contributed by atoms with van der Waals surface area (Å²) in [4.78, 5) is 17.1. The van der Waals surface area contributed by atoms with E-state index in [9.17, 15) is 4.79 Å². The van der Waals surface area contributed by atoms with Gasteiger partial charge in [-0.15, -0.1) is 0 Å².